The van der Waals surface area contributed by atoms with E-state index in [9.17, 15) is 14.4 Å². The molecule has 0 fully saturated rings. The maximum absolute atomic E-state index is 11.9. The summed E-state index contributed by atoms with van der Waals surface area (Å²) in [7, 11) is 0. The molecule has 0 aliphatic rings. The average molecular weight is 370 g/mol. The second-order valence-electron chi connectivity index (χ2n) is 5.98. The number of carbonyl (C=O) groups is 3. The van der Waals surface area contributed by atoms with Crippen LogP contribution >= 0.6 is 0 Å². The molecular formula is C20H22N2O5. The number of aryl methyl sites for hydroxylation is 2. The van der Waals surface area contributed by atoms with Gasteiger partial charge in [-0.1, -0.05) is 18.2 Å². The third-order valence-corrected chi connectivity index (χ3v) is 3.60. The van der Waals surface area contributed by atoms with E-state index in [2.05, 4.69) is 10.6 Å². The first kappa shape index (κ1) is 20.0. The van der Waals surface area contributed by atoms with Crippen molar-refractivity contribution in [3.8, 4) is 5.75 Å². The molecule has 0 radical (unpaired) electrons. The number of anilines is 2. The van der Waals surface area contributed by atoms with Crippen molar-refractivity contribution < 1.29 is 23.9 Å². The van der Waals surface area contributed by atoms with E-state index in [1.165, 1.54) is 6.92 Å². The molecule has 0 aliphatic carbocycles. The monoisotopic (exact) mass is 370 g/mol. The van der Waals surface area contributed by atoms with Crippen molar-refractivity contribution in [1.82, 2.24) is 0 Å². The van der Waals surface area contributed by atoms with Gasteiger partial charge in [-0.2, -0.15) is 0 Å². The molecule has 0 aromatic heterocycles. The SMILES string of the molecule is CC(=O)Nc1ccc(NC(=O)COC(=O)COc2c(C)cccc2C)cc1. The van der Waals surface area contributed by atoms with E-state index >= 15 is 0 Å². The summed E-state index contributed by atoms with van der Waals surface area (Å²) in [6.07, 6.45) is 0. The zero-order valence-electron chi connectivity index (χ0n) is 15.5. The van der Waals surface area contributed by atoms with Gasteiger partial charge >= 0.3 is 5.97 Å². The van der Waals surface area contributed by atoms with Crippen LogP contribution in [-0.2, 0) is 19.1 Å². The number of hydrogen-bond acceptors (Lipinski definition) is 5. The van der Waals surface area contributed by atoms with Crippen molar-refractivity contribution in [2.45, 2.75) is 20.8 Å². The van der Waals surface area contributed by atoms with Gasteiger partial charge in [-0.05, 0) is 49.2 Å². The van der Waals surface area contributed by atoms with Crippen LogP contribution < -0.4 is 15.4 Å². The molecule has 2 aromatic carbocycles. The highest BCUT2D eigenvalue weighted by atomic mass is 16.6. The summed E-state index contributed by atoms with van der Waals surface area (Å²) in [6, 6.07) is 12.3. The molecule has 142 valence electrons. The molecule has 0 spiro atoms. The molecular weight excluding hydrogens is 348 g/mol. The molecule has 0 atom stereocenters. The summed E-state index contributed by atoms with van der Waals surface area (Å²) in [6.45, 7) is 4.50. The van der Waals surface area contributed by atoms with Gasteiger partial charge < -0.3 is 20.1 Å². The Kier molecular flexibility index (Phi) is 6.93. The van der Waals surface area contributed by atoms with Gasteiger partial charge in [0.15, 0.2) is 13.2 Å². The third-order valence-electron chi connectivity index (χ3n) is 3.60. The summed E-state index contributed by atoms with van der Waals surface area (Å²) in [5, 5.41) is 5.23. The number of para-hydroxylation sites is 1. The minimum atomic E-state index is -0.631. The number of carbonyl (C=O) groups excluding carboxylic acids is 3. The zero-order valence-corrected chi connectivity index (χ0v) is 15.5. The Bertz CT molecular complexity index is 811. The summed E-state index contributed by atoms with van der Waals surface area (Å²) in [4.78, 5) is 34.6. The molecule has 0 unspecified atom stereocenters. The fourth-order valence-electron chi connectivity index (χ4n) is 2.38. The van der Waals surface area contributed by atoms with Gasteiger partial charge in [0, 0.05) is 18.3 Å². The van der Waals surface area contributed by atoms with Crippen LogP contribution in [0.1, 0.15) is 18.1 Å². The van der Waals surface area contributed by atoms with Crippen LogP contribution in [0.4, 0.5) is 11.4 Å². The Balaban J connectivity index is 1.76. The molecule has 7 nitrogen and oxygen atoms in total. The number of benzene rings is 2. The van der Waals surface area contributed by atoms with Crippen LogP contribution in [0.3, 0.4) is 0 Å². The quantitative estimate of drug-likeness (QED) is 0.731. The van der Waals surface area contributed by atoms with Crippen LogP contribution in [0.15, 0.2) is 42.5 Å². The molecule has 2 rings (SSSR count). The second-order valence-corrected chi connectivity index (χ2v) is 5.98. The maximum Gasteiger partial charge on any atom is 0.344 e. The first-order valence-corrected chi connectivity index (χ1v) is 8.37. The Morgan fingerprint density at radius 1 is 0.852 bits per heavy atom. The number of esters is 1. The maximum atomic E-state index is 11.9. The second kappa shape index (κ2) is 9.38. The smallest absolute Gasteiger partial charge is 0.344 e. The van der Waals surface area contributed by atoms with Gasteiger partial charge in [0.05, 0.1) is 0 Å². The third kappa shape index (κ3) is 6.47. The highest BCUT2D eigenvalue weighted by Crippen LogP contribution is 2.22. The van der Waals surface area contributed by atoms with Gasteiger partial charge in [0.25, 0.3) is 5.91 Å². The molecule has 7 heteroatoms. The van der Waals surface area contributed by atoms with Crippen molar-refractivity contribution >= 4 is 29.2 Å². The lowest BCUT2D eigenvalue weighted by atomic mass is 10.1. The van der Waals surface area contributed by atoms with Crippen molar-refractivity contribution in [1.29, 1.82) is 0 Å². The molecule has 0 heterocycles. The van der Waals surface area contributed by atoms with Crippen LogP contribution in [-0.4, -0.2) is 31.0 Å². The van der Waals surface area contributed by atoms with Crippen LogP contribution in [0.5, 0.6) is 5.75 Å². The van der Waals surface area contributed by atoms with E-state index in [0.717, 1.165) is 11.1 Å². The highest BCUT2D eigenvalue weighted by molar-refractivity contribution is 5.93. The molecule has 27 heavy (non-hydrogen) atoms. The van der Waals surface area contributed by atoms with Crippen LogP contribution in [0, 0.1) is 13.8 Å². The number of nitrogens with one attached hydrogen (secondary N) is 2. The van der Waals surface area contributed by atoms with Gasteiger partial charge in [-0.15, -0.1) is 0 Å². The van der Waals surface area contributed by atoms with E-state index in [0.29, 0.717) is 17.1 Å². The number of ether oxygens (including phenoxy) is 2. The van der Waals surface area contributed by atoms with Crippen LogP contribution in [0.25, 0.3) is 0 Å². The van der Waals surface area contributed by atoms with E-state index in [1.54, 1.807) is 24.3 Å². The largest absolute Gasteiger partial charge is 0.481 e. The summed E-state index contributed by atoms with van der Waals surface area (Å²) in [5.41, 5.74) is 2.99. The fourth-order valence-corrected chi connectivity index (χ4v) is 2.38. The molecule has 2 N–H and O–H groups in total. The highest BCUT2D eigenvalue weighted by Gasteiger charge is 2.11. The topological polar surface area (TPSA) is 93.7 Å². The van der Waals surface area contributed by atoms with Crippen molar-refractivity contribution in [3.05, 3.63) is 53.6 Å². The Hall–Kier alpha value is -3.35. The van der Waals surface area contributed by atoms with Gasteiger partial charge in [0.2, 0.25) is 5.91 Å². The first-order chi connectivity index (χ1) is 12.8. The predicted octanol–water partition coefficient (Wildman–Crippen LogP) is 2.82. The standard InChI is InChI=1S/C20H22N2O5/c1-13-5-4-6-14(2)20(13)27-12-19(25)26-11-18(24)22-17-9-7-16(8-10-17)21-15(3)23/h4-10H,11-12H2,1-3H3,(H,21,23)(H,22,24). The average Bonchev–Trinajstić information content (AvgIpc) is 2.61. The van der Waals surface area contributed by atoms with Crippen molar-refractivity contribution in [3.63, 3.8) is 0 Å². The Morgan fingerprint density at radius 2 is 1.41 bits per heavy atom. The Labute approximate surface area is 157 Å². The minimum Gasteiger partial charge on any atom is -0.481 e. The van der Waals surface area contributed by atoms with Crippen molar-refractivity contribution in [2.75, 3.05) is 23.8 Å². The molecule has 2 amide bonds. The minimum absolute atomic E-state index is 0.179. The summed E-state index contributed by atoms with van der Waals surface area (Å²) < 4.78 is 10.4. The van der Waals surface area contributed by atoms with Gasteiger partial charge in [-0.25, -0.2) is 4.79 Å². The van der Waals surface area contributed by atoms with Crippen LogP contribution in [0.2, 0.25) is 0 Å². The summed E-state index contributed by atoms with van der Waals surface area (Å²) >= 11 is 0. The van der Waals surface area contributed by atoms with E-state index in [4.69, 9.17) is 9.47 Å². The predicted molar refractivity (Wildman–Crippen MR) is 102 cm³/mol. The lowest BCUT2D eigenvalue weighted by molar-refractivity contribution is -0.149. The van der Waals surface area contributed by atoms with Gasteiger partial charge in [-0.3, -0.25) is 9.59 Å². The number of hydrogen-bond donors (Lipinski definition) is 2. The molecule has 2 aromatic rings. The van der Waals surface area contributed by atoms with E-state index in [1.807, 2.05) is 32.0 Å². The molecule has 0 aliphatic heterocycles. The lowest BCUT2D eigenvalue weighted by Gasteiger charge is -2.11. The number of amides is 2. The summed E-state index contributed by atoms with van der Waals surface area (Å²) in [5.74, 6) is -0.642. The lowest BCUT2D eigenvalue weighted by Crippen LogP contribution is -2.23. The zero-order chi connectivity index (χ0) is 19.8. The van der Waals surface area contributed by atoms with Gasteiger partial charge in [0.1, 0.15) is 5.75 Å². The fraction of sp³-hybridized carbons (Fsp3) is 0.250. The number of rotatable bonds is 7. The normalized spacial score (nSPS) is 10.0. The molecule has 0 saturated carbocycles. The molecule has 0 bridgehead atoms. The van der Waals surface area contributed by atoms with E-state index in [-0.39, 0.29) is 12.5 Å². The first-order valence-electron chi connectivity index (χ1n) is 8.37. The van der Waals surface area contributed by atoms with E-state index < -0.39 is 18.5 Å². The van der Waals surface area contributed by atoms with Crippen molar-refractivity contribution in [2.24, 2.45) is 0 Å². The molecule has 0 saturated heterocycles. The Morgan fingerprint density at radius 3 is 1.96 bits per heavy atom.